The molecule has 1 fully saturated rings. The van der Waals surface area contributed by atoms with Gasteiger partial charge in [-0.1, -0.05) is 0 Å². The number of esters is 1. The van der Waals surface area contributed by atoms with E-state index in [2.05, 4.69) is 9.72 Å². The standard InChI is InChI=1S/C12H13F3N2O2/c1-19-11(18)9-3-2-6-17(9)10-5-4-8(7-16-10)12(13,14)15/h4-5,7,9H,2-3,6H2,1H3. The number of hydrogen-bond acceptors (Lipinski definition) is 4. The molecule has 0 bridgehead atoms. The van der Waals surface area contributed by atoms with Gasteiger partial charge in [-0.05, 0) is 25.0 Å². The van der Waals surface area contributed by atoms with Gasteiger partial charge in [0.1, 0.15) is 11.9 Å². The monoisotopic (exact) mass is 274 g/mol. The number of anilines is 1. The quantitative estimate of drug-likeness (QED) is 0.776. The van der Waals surface area contributed by atoms with Crippen LogP contribution >= 0.6 is 0 Å². The molecule has 0 spiro atoms. The summed E-state index contributed by atoms with van der Waals surface area (Å²) in [5.74, 6) is -0.0277. The number of hydrogen-bond donors (Lipinski definition) is 0. The van der Waals surface area contributed by atoms with Gasteiger partial charge in [-0.2, -0.15) is 13.2 Å². The lowest BCUT2D eigenvalue weighted by Gasteiger charge is -2.23. The number of pyridine rings is 1. The van der Waals surface area contributed by atoms with Crippen LogP contribution in [0.15, 0.2) is 18.3 Å². The van der Waals surface area contributed by atoms with E-state index in [0.717, 1.165) is 18.7 Å². The van der Waals surface area contributed by atoms with Gasteiger partial charge in [-0.25, -0.2) is 9.78 Å². The average molecular weight is 274 g/mol. The fourth-order valence-corrected chi connectivity index (χ4v) is 2.15. The van der Waals surface area contributed by atoms with E-state index in [0.29, 0.717) is 18.8 Å². The van der Waals surface area contributed by atoms with E-state index in [1.165, 1.54) is 13.2 Å². The second kappa shape index (κ2) is 5.07. The zero-order valence-corrected chi connectivity index (χ0v) is 10.3. The Labute approximate surface area is 108 Å². The van der Waals surface area contributed by atoms with E-state index in [1.54, 1.807) is 4.90 Å². The topological polar surface area (TPSA) is 42.4 Å². The molecule has 0 radical (unpaired) electrons. The minimum absolute atomic E-state index is 0.362. The zero-order chi connectivity index (χ0) is 14.0. The summed E-state index contributed by atoms with van der Waals surface area (Å²) in [7, 11) is 1.29. The number of aromatic nitrogens is 1. The van der Waals surface area contributed by atoms with Crippen LogP contribution in [-0.4, -0.2) is 30.6 Å². The molecule has 0 saturated carbocycles. The highest BCUT2D eigenvalue weighted by Gasteiger charge is 2.34. The molecule has 7 heteroatoms. The number of methoxy groups -OCH3 is 1. The van der Waals surface area contributed by atoms with Crippen molar-refractivity contribution in [2.24, 2.45) is 0 Å². The van der Waals surface area contributed by atoms with Gasteiger partial charge in [-0.15, -0.1) is 0 Å². The van der Waals surface area contributed by atoms with Gasteiger partial charge < -0.3 is 9.64 Å². The fourth-order valence-electron chi connectivity index (χ4n) is 2.15. The third-order valence-corrected chi connectivity index (χ3v) is 3.10. The zero-order valence-electron chi connectivity index (χ0n) is 10.3. The normalized spacial score (nSPS) is 19.6. The molecule has 1 aliphatic heterocycles. The molecular formula is C12H13F3N2O2. The van der Waals surface area contributed by atoms with Crippen LogP contribution in [0, 0.1) is 0 Å². The molecule has 19 heavy (non-hydrogen) atoms. The summed E-state index contributed by atoms with van der Waals surface area (Å²) in [5, 5.41) is 0. The highest BCUT2D eigenvalue weighted by molar-refractivity contribution is 5.80. The van der Waals surface area contributed by atoms with Crippen LogP contribution in [0.2, 0.25) is 0 Å². The number of nitrogens with zero attached hydrogens (tertiary/aromatic N) is 2. The molecule has 2 heterocycles. The van der Waals surface area contributed by atoms with E-state index in [-0.39, 0.29) is 5.97 Å². The van der Waals surface area contributed by atoms with Crippen LogP contribution in [-0.2, 0) is 15.7 Å². The first-order chi connectivity index (χ1) is 8.93. The molecule has 1 saturated heterocycles. The second-order valence-corrected chi connectivity index (χ2v) is 4.28. The Kier molecular flexibility index (Phi) is 3.64. The summed E-state index contributed by atoms with van der Waals surface area (Å²) in [6, 6.07) is 1.79. The van der Waals surface area contributed by atoms with Gasteiger partial charge in [0, 0.05) is 12.7 Å². The molecule has 0 amide bonds. The Hall–Kier alpha value is -1.79. The summed E-state index contributed by atoms with van der Waals surface area (Å²) in [4.78, 5) is 17.0. The molecule has 1 unspecified atom stereocenters. The Morgan fingerprint density at radius 1 is 1.47 bits per heavy atom. The molecule has 1 atom stereocenters. The van der Waals surface area contributed by atoms with Gasteiger partial charge in [0.25, 0.3) is 0 Å². The van der Waals surface area contributed by atoms with Crippen molar-refractivity contribution < 1.29 is 22.7 Å². The smallest absolute Gasteiger partial charge is 0.417 e. The first-order valence-electron chi connectivity index (χ1n) is 5.81. The number of halogens is 3. The second-order valence-electron chi connectivity index (χ2n) is 4.28. The van der Waals surface area contributed by atoms with Crippen molar-refractivity contribution in [2.75, 3.05) is 18.6 Å². The minimum Gasteiger partial charge on any atom is -0.467 e. The number of ether oxygens (including phenoxy) is 1. The number of alkyl halides is 3. The van der Waals surface area contributed by atoms with Gasteiger partial charge in [-0.3, -0.25) is 0 Å². The molecule has 0 aliphatic carbocycles. The minimum atomic E-state index is -4.40. The van der Waals surface area contributed by atoms with Crippen LogP contribution in [0.25, 0.3) is 0 Å². The molecule has 1 aromatic rings. The van der Waals surface area contributed by atoms with E-state index >= 15 is 0 Å². The average Bonchev–Trinajstić information content (AvgIpc) is 2.86. The third-order valence-electron chi connectivity index (χ3n) is 3.10. The van der Waals surface area contributed by atoms with Crippen molar-refractivity contribution in [3.63, 3.8) is 0 Å². The van der Waals surface area contributed by atoms with Crippen molar-refractivity contribution >= 4 is 11.8 Å². The van der Waals surface area contributed by atoms with Crippen LogP contribution in [0.4, 0.5) is 19.0 Å². The van der Waals surface area contributed by atoms with Crippen LogP contribution in [0.1, 0.15) is 18.4 Å². The molecule has 0 N–H and O–H groups in total. The summed E-state index contributed by atoms with van der Waals surface area (Å²) in [6.45, 7) is 0.581. The van der Waals surface area contributed by atoms with Crippen LogP contribution < -0.4 is 4.90 Å². The van der Waals surface area contributed by atoms with Gasteiger partial charge in [0.2, 0.25) is 0 Å². The molecule has 1 aliphatic rings. The van der Waals surface area contributed by atoms with Crippen molar-refractivity contribution in [3.8, 4) is 0 Å². The Morgan fingerprint density at radius 2 is 2.21 bits per heavy atom. The molecular weight excluding hydrogens is 261 g/mol. The van der Waals surface area contributed by atoms with Crippen molar-refractivity contribution in [3.05, 3.63) is 23.9 Å². The maximum atomic E-state index is 12.4. The third kappa shape index (κ3) is 2.80. The SMILES string of the molecule is COC(=O)C1CCCN1c1ccc(C(F)(F)F)cn1. The van der Waals surface area contributed by atoms with Gasteiger partial charge in [0.05, 0.1) is 12.7 Å². The predicted octanol–water partition coefficient (Wildman–Crippen LogP) is 2.24. The Balaban J connectivity index is 2.20. The van der Waals surface area contributed by atoms with Crippen molar-refractivity contribution in [1.29, 1.82) is 0 Å². The summed E-state index contributed by atoms with van der Waals surface area (Å²) in [5.41, 5.74) is -0.801. The highest BCUT2D eigenvalue weighted by atomic mass is 19.4. The largest absolute Gasteiger partial charge is 0.467 e. The van der Waals surface area contributed by atoms with E-state index in [9.17, 15) is 18.0 Å². The van der Waals surface area contributed by atoms with E-state index in [4.69, 9.17) is 0 Å². The maximum Gasteiger partial charge on any atom is 0.417 e. The lowest BCUT2D eigenvalue weighted by atomic mass is 10.2. The summed E-state index contributed by atoms with van der Waals surface area (Å²) < 4.78 is 42.0. The van der Waals surface area contributed by atoms with E-state index < -0.39 is 17.8 Å². The number of carbonyl (C=O) groups excluding carboxylic acids is 1. The van der Waals surface area contributed by atoms with Gasteiger partial charge in [0.15, 0.2) is 0 Å². The Morgan fingerprint density at radius 3 is 2.74 bits per heavy atom. The summed E-state index contributed by atoms with van der Waals surface area (Å²) in [6.07, 6.45) is -2.22. The van der Waals surface area contributed by atoms with Crippen molar-refractivity contribution in [2.45, 2.75) is 25.1 Å². The van der Waals surface area contributed by atoms with Crippen LogP contribution in [0.3, 0.4) is 0 Å². The molecule has 1 aromatic heterocycles. The number of rotatable bonds is 2. The number of carbonyl (C=O) groups is 1. The highest BCUT2D eigenvalue weighted by Crippen LogP contribution is 2.31. The molecule has 2 rings (SSSR count). The maximum absolute atomic E-state index is 12.4. The lowest BCUT2D eigenvalue weighted by molar-refractivity contribution is -0.142. The van der Waals surface area contributed by atoms with Crippen molar-refractivity contribution in [1.82, 2.24) is 4.98 Å². The molecule has 0 aromatic carbocycles. The van der Waals surface area contributed by atoms with Crippen LogP contribution in [0.5, 0.6) is 0 Å². The Bertz CT molecular complexity index is 459. The summed E-state index contributed by atoms with van der Waals surface area (Å²) >= 11 is 0. The molecule has 104 valence electrons. The van der Waals surface area contributed by atoms with E-state index in [1.807, 2.05) is 0 Å². The molecule has 4 nitrogen and oxygen atoms in total. The van der Waals surface area contributed by atoms with Gasteiger partial charge >= 0.3 is 12.1 Å². The first kappa shape index (κ1) is 13.6. The fraction of sp³-hybridized carbons (Fsp3) is 0.500. The predicted molar refractivity (Wildman–Crippen MR) is 61.6 cm³/mol. The first-order valence-corrected chi connectivity index (χ1v) is 5.81. The lowest BCUT2D eigenvalue weighted by Crippen LogP contribution is -2.37.